The van der Waals surface area contributed by atoms with Gasteiger partial charge in [0.1, 0.15) is 5.41 Å². The van der Waals surface area contributed by atoms with Gasteiger partial charge in [-0.25, -0.2) is 0 Å². The summed E-state index contributed by atoms with van der Waals surface area (Å²) in [5, 5.41) is 11.4. The minimum atomic E-state index is -0.712. The highest BCUT2D eigenvalue weighted by atomic mass is 35.5. The van der Waals surface area contributed by atoms with Crippen molar-refractivity contribution in [2.24, 2.45) is 0 Å². The molecule has 0 atom stereocenters. The van der Waals surface area contributed by atoms with Gasteiger partial charge in [-0.05, 0) is 17.7 Å². The Morgan fingerprint density at radius 1 is 0.960 bits per heavy atom. The smallest absolute Gasteiger partial charge is 0.109 e. The average molecular weight is 384 g/mol. The molecular weight excluding hydrogens is 361 g/mol. The molecule has 0 spiro atoms. The quantitative estimate of drug-likeness (QED) is 0.781. The number of morpholine rings is 2. The van der Waals surface area contributed by atoms with Gasteiger partial charge in [-0.1, -0.05) is 29.3 Å². The van der Waals surface area contributed by atoms with Crippen LogP contribution < -0.4 is 0 Å². The molecule has 136 valence electrons. The van der Waals surface area contributed by atoms with Crippen molar-refractivity contribution in [3.63, 3.8) is 0 Å². The Kier molecular flexibility index (Phi) is 6.56. The Morgan fingerprint density at radius 2 is 1.48 bits per heavy atom. The van der Waals surface area contributed by atoms with Crippen molar-refractivity contribution in [1.82, 2.24) is 9.80 Å². The standard InChI is InChI=1S/C18H23Cl2N3O2/c19-15-1-2-16(17(20)11-15)18(12-21,13-22-3-7-24-8-4-22)14-23-5-9-25-10-6-23/h1-2,11H,3-10,13-14H2. The normalized spacial score (nSPS) is 20.4. The van der Waals surface area contributed by atoms with Crippen LogP contribution in [-0.4, -0.2) is 75.5 Å². The zero-order chi connectivity index (χ0) is 17.7. The zero-order valence-corrected chi connectivity index (χ0v) is 15.7. The maximum absolute atomic E-state index is 10.2. The van der Waals surface area contributed by atoms with E-state index in [2.05, 4.69) is 15.9 Å². The fraction of sp³-hybridized carbons (Fsp3) is 0.611. The Balaban J connectivity index is 1.91. The number of hydrogen-bond acceptors (Lipinski definition) is 5. The summed E-state index contributed by atoms with van der Waals surface area (Å²) in [6, 6.07) is 8.03. The van der Waals surface area contributed by atoms with E-state index in [0.717, 1.165) is 31.7 Å². The molecule has 0 aliphatic carbocycles. The molecule has 1 aromatic rings. The molecule has 0 amide bonds. The minimum absolute atomic E-state index is 0.551. The first kappa shape index (κ1) is 18.9. The second-order valence-corrected chi connectivity index (χ2v) is 7.44. The Hall–Kier alpha value is -0.870. The van der Waals surface area contributed by atoms with Gasteiger partial charge in [0, 0.05) is 49.3 Å². The summed E-state index contributed by atoms with van der Waals surface area (Å²) in [7, 11) is 0. The predicted octanol–water partition coefficient (Wildman–Crippen LogP) is 2.42. The van der Waals surface area contributed by atoms with Crippen molar-refractivity contribution in [3.8, 4) is 6.07 Å². The van der Waals surface area contributed by atoms with Crippen molar-refractivity contribution in [2.75, 3.05) is 65.7 Å². The first-order chi connectivity index (χ1) is 12.1. The van der Waals surface area contributed by atoms with Crippen molar-refractivity contribution >= 4 is 23.2 Å². The van der Waals surface area contributed by atoms with Crippen molar-refractivity contribution in [1.29, 1.82) is 5.26 Å². The third-order valence-corrected chi connectivity index (χ3v) is 5.40. The topological polar surface area (TPSA) is 48.7 Å². The molecule has 0 bridgehead atoms. The molecule has 0 aromatic heterocycles. The maximum Gasteiger partial charge on any atom is 0.109 e. The lowest BCUT2D eigenvalue weighted by atomic mass is 9.80. The molecule has 0 unspecified atom stereocenters. The van der Waals surface area contributed by atoms with E-state index >= 15 is 0 Å². The summed E-state index contributed by atoms with van der Waals surface area (Å²) < 4.78 is 10.9. The largest absolute Gasteiger partial charge is 0.379 e. The van der Waals surface area contributed by atoms with Gasteiger partial charge in [0.15, 0.2) is 0 Å². The maximum atomic E-state index is 10.2. The van der Waals surface area contributed by atoms with E-state index in [1.807, 2.05) is 12.1 Å². The van der Waals surface area contributed by atoms with Crippen LogP contribution in [0.1, 0.15) is 5.56 Å². The molecule has 2 aliphatic rings. The number of hydrogen-bond donors (Lipinski definition) is 0. The highest BCUT2D eigenvalue weighted by molar-refractivity contribution is 6.35. The number of nitrogens with zero attached hydrogens (tertiary/aromatic N) is 3. The van der Waals surface area contributed by atoms with Crippen LogP contribution in [0.5, 0.6) is 0 Å². The fourth-order valence-corrected chi connectivity index (χ4v) is 4.10. The molecule has 0 radical (unpaired) electrons. The summed E-state index contributed by atoms with van der Waals surface area (Å²) >= 11 is 12.6. The van der Waals surface area contributed by atoms with Crippen LogP contribution in [-0.2, 0) is 14.9 Å². The lowest BCUT2D eigenvalue weighted by molar-refractivity contribution is 0.0126. The first-order valence-corrected chi connectivity index (χ1v) is 9.35. The Labute approximate surface area is 159 Å². The van der Waals surface area contributed by atoms with Crippen LogP contribution in [0.15, 0.2) is 18.2 Å². The highest BCUT2D eigenvalue weighted by Crippen LogP contribution is 2.34. The molecule has 0 saturated carbocycles. The van der Waals surface area contributed by atoms with E-state index in [9.17, 15) is 5.26 Å². The van der Waals surface area contributed by atoms with Crippen LogP contribution in [0.25, 0.3) is 0 Å². The van der Waals surface area contributed by atoms with E-state index in [1.165, 1.54) is 0 Å². The van der Waals surface area contributed by atoms with Gasteiger partial charge < -0.3 is 9.47 Å². The van der Waals surface area contributed by atoms with Gasteiger partial charge in [-0.15, -0.1) is 0 Å². The van der Waals surface area contributed by atoms with Crippen molar-refractivity contribution < 1.29 is 9.47 Å². The van der Waals surface area contributed by atoms with Crippen molar-refractivity contribution in [2.45, 2.75) is 5.41 Å². The molecule has 2 fully saturated rings. The number of halogens is 2. The number of benzene rings is 1. The summed E-state index contributed by atoms with van der Waals surface area (Å²) in [5.74, 6) is 0. The van der Waals surface area contributed by atoms with Gasteiger partial charge in [0.2, 0.25) is 0 Å². The van der Waals surface area contributed by atoms with Crippen LogP contribution in [0.3, 0.4) is 0 Å². The number of ether oxygens (including phenoxy) is 2. The van der Waals surface area contributed by atoms with Gasteiger partial charge in [-0.3, -0.25) is 9.80 Å². The Bertz CT molecular complexity index is 603. The number of nitriles is 1. The molecule has 2 saturated heterocycles. The molecule has 25 heavy (non-hydrogen) atoms. The molecule has 2 heterocycles. The average Bonchev–Trinajstić information content (AvgIpc) is 2.63. The lowest BCUT2D eigenvalue weighted by Gasteiger charge is -2.40. The van der Waals surface area contributed by atoms with Gasteiger partial charge in [-0.2, -0.15) is 5.26 Å². The third-order valence-electron chi connectivity index (χ3n) is 4.86. The summed E-state index contributed by atoms with van der Waals surface area (Å²) in [4.78, 5) is 4.58. The molecular formula is C18H23Cl2N3O2. The van der Waals surface area contributed by atoms with Crippen LogP contribution in [0, 0.1) is 11.3 Å². The summed E-state index contributed by atoms with van der Waals surface area (Å²) in [6.45, 7) is 7.39. The van der Waals surface area contributed by atoms with E-state index in [0.29, 0.717) is 49.6 Å². The SMILES string of the molecule is N#CC(CN1CCOCC1)(CN1CCOCC1)c1ccc(Cl)cc1Cl. The summed E-state index contributed by atoms with van der Waals surface area (Å²) in [6.07, 6.45) is 0. The summed E-state index contributed by atoms with van der Waals surface area (Å²) in [5.41, 5.74) is 0.134. The first-order valence-electron chi connectivity index (χ1n) is 8.60. The van der Waals surface area contributed by atoms with E-state index in [1.54, 1.807) is 6.07 Å². The van der Waals surface area contributed by atoms with Crippen LogP contribution in [0.2, 0.25) is 10.0 Å². The second kappa shape index (κ2) is 8.68. The molecule has 2 aliphatic heterocycles. The van der Waals surface area contributed by atoms with Gasteiger partial charge in [0.05, 0.1) is 32.5 Å². The lowest BCUT2D eigenvalue weighted by Crippen LogP contribution is -2.52. The monoisotopic (exact) mass is 383 g/mol. The van der Waals surface area contributed by atoms with E-state index in [-0.39, 0.29) is 0 Å². The minimum Gasteiger partial charge on any atom is -0.379 e. The molecule has 7 heteroatoms. The molecule has 1 aromatic carbocycles. The third kappa shape index (κ3) is 4.65. The van der Waals surface area contributed by atoms with E-state index < -0.39 is 5.41 Å². The highest BCUT2D eigenvalue weighted by Gasteiger charge is 2.39. The van der Waals surface area contributed by atoms with E-state index in [4.69, 9.17) is 32.7 Å². The van der Waals surface area contributed by atoms with Crippen molar-refractivity contribution in [3.05, 3.63) is 33.8 Å². The molecule has 3 rings (SSSR count). The number of rotatable bonds is 5. The molecule has 5 nitrogen and oxygen atoms in total. The zero-order valence-electron chi connectivity index (χ0n) is 14.2. The molecule has 0 N–H and O–H groups in total. The van der Waals surface area contributed by atoms with Gasteiger partial charge in [0.25, 0.3) is 0 Å². The van der Waals surface area contributed by atoms with Crippen LogP contribution >= 0.6 is 23.2 Å². The fourth-order valence-electron chi connectivity index (χ4n) is 3.51. The predicted molar refractivity (Wildman–Crippen MR) is 98.3 cm³/mol. The van der Waals surface area contributed by atoms with Gasteiger partial charge >= 0.3 is 0 Å². The Morgan fingerprint density at radius 3 is 1.92 bits per heavy atom. The van der Waals surface area contributed by atoms with Crippen LogP contribution in [0.4, 0.5) is 0 Å². The second-order valence-electron chi connectivity index (χ2n) is 6.60.